The first-order valence-electron chi connectivity index (χ1n) is 5.72. The van der Waals surface area contributed by atoms with Crippen LogP contribution in [0.3, 0.4) is 0 Å². The summed E-state index contributed by atoms with van der Waals surface area (Å²) in [6.45, 7) is 4.94. The Morgan fingerprint density at radius 3 is 2.73 bits per heavy atom. The number of aryl methyl sites for hydroxylation is 1. The van der Waals surface area contributed by atoms with Crippen molar-refractivity contribution in [2.24, 2.45) is 5.73 Å². The number of pyridine rings is 1. The van der Waals surface area contributed by atoms with Crippen LogP contribution in [0.1, 0.15) is 30.5 Å². The first kappa shape index (κ1) is 10.4. The van der Waals surface area contributed by atoms with Crippen molar-refractivity contribution < 1.29 is 0 Å². The molecule has 3 heteroatoms. The summed E-state index contributed by atoms with van der Waals surface area (Å²) >= 11 is 0. The fraction of sp³-hybridized carbons (Fsp3) is 0.583. The van der Waals surface area contributed by atoms with Crippen LogP contribution in [-0.4, -0.2) is 18.1 Å². The van der Waals surface area contributed by atoms with Gasteiger partial charge in [0.15, 0.2) is 0 Å². The van der Waals surface area contributed by atoms with Gasteiger partial charge in [-0.3, -0.25) is 4.98 Å². The first-order chi connectivity index (χ1) is 7.31. The third-order valence-corrected chi connectivity index (χ3v) is 3.02. The Kier molecular flexibility index (Phi) is 3.21. The number of piperidine rings is 1. The Morgan fingerprint density at radius 1 is 1.33 bits per heavy atom. The minimum absolute atomic E-state index is 0.582. The van der Waals surface area contributed by atoms with Crippen molar-refractivity contribution in [3.63, 3.8) is 0 Å². The molecule has 2 rings (SSSR count). The van der Waals surface area contributed by atoms with E-state index < -0.39 is 0 Å². The predicted octanol–water partition coefficient (Wildman–Crippen LogP) is 1.84. The lowest BCUT2D eigenvalue weighted by molar-refractivity contribution is 0.576. The molecule has 1 aromatic rings. The van der Waals surface area contributed by atoms with Crippen LogP contribution in [0, 0.1) is 6.92 Å². The second kappa shape index (κ2) is 4.62. The highest BCUT2D eigenvalue weighted by Crippen LogP contribution is 2.24. The normalized spacial score (nSPS) is 16.8. The average molecular weight is 205 g/mol. The van der Waals surface area contributed by atoms with Gasteiger partial charge in [-0.2, -0.15) is 0 Å². The third-order valence-electron chi connectivity index (χ3n) is 3.02. The van der Waals surface area contributed by atoms with Gasteiger partial charge in [-0.15, -0.1) is 0 Å². The summed E-state index contributed by atoms with van der Waals surface area (Å²) in [6, 6.07) is 2.16. The molecule has 0 saturated carbocycles. The van der Waals surface area contributed by atoms with Crippen LogP contribution in [0.2, 0.25) is 0 Å². The fourth-order valence-electron chi connectivity index (χ4n) is 2.16. The number of hydrogen-bond donors (Lipinski definition) is 1. The highest BCUT2D eigenvalue weighted by molar-refractivity contribution is 5.53. The van der Waals surface area contributed by atoms with Crippen LogP contribution >= 0.6 is 0 Å². The minimum Gasteiger partial charge on any atom is -0.371 e. The Hall–Kier alpha value is -1.09. The zero-order valence-electron chi connectivity index (χ0n) is 9.37. The summed E-state index contributed by atoms with van der Waals surface area (Å²) in [5.74, 6) is 0. The molecule has 0 unspecified atom stereocenters. The molecule has 0 radical (unpaired) electrons. The van der Waals surface area contributed by atoms with Gasteiger partial charge in [0, 0.05) is 42.8 Å². The second-order valence-corrected chi connectivity index (χ2v) is 4.21. The fourth-order valence-corrected chi connectivity index (χ4v) is 2.16. The zero-order valence-corrected chi connectivity index (χ0v) is 9.37. The Bertz CT molecular complexity index is 330. The quantitative estimate of drug-likeness (QED) is 0.801. The van der Waals surface area contributed by atoms with Crippen molar-refractivity contribution in [2.45, 2.75) is 32.7 Å². The van der Waals surface area contributed by atoms with Crippen molar-refractivity contribution >= 4 is 5.69 Å². The van der Waals surface area contributed by atoms with Gasteiger partial charge < -0.3 is 10.6 Å². The molecular formula is C12H19N3. The van der Waals surface area contributed by atoms with Gasteiger partial charge >= 0.3 is 0 Å². The van der Waals surface area contributed by atoms with E-state index in [1.54, 1.807) is 0 Å². The maximum Gasteiger partial charge on any atom is 0.0445 e. The lowest BCUT2D eigenvalue weighted by Crippen LogP contribution is -2.30. The molecule has 2 heterocycles. The number of rotatable bonds is 2. The Morgan fingerprint density at radius 2 is 2.07 bits per heavy atom. The van der Waals surface area contributed by atoms with Gasteiger partial charge in [0.2, 0.25) is 0 Å². The van der Waals surface area contributed by atoms with Crippen LogP contribution < -0.4 is 10.6 Å². The molecule has 15 heavy (non-hydrogen) atoms. The number of aromatic nitrogens is 1. The Balaban J connectivity index is 2.27. The summed E-state index contributed by atoms with van der Waals surface area (Å²) in [5, 5.41) is 0. The van der Waals surface area contributed by atoms with Crippen molar-refractivity contribution in [1.82, 2.24) is 4.98 Å². The van der Waals surface area contributed by atoms with Gasteiger partial charge in [0.1, 0.15) is 0 Å². The molecule has 0 aromatic carbocycles. The molecule has 82 valence electrons. The van der Waals surface area contributed by atoms with E-state index in [4.69, 9.17) is 5.73 Å². The summed E-state index contributed by atoms with van der Waals surface area (Å²) in [4.78, 5) is 6.74. The highest BCUT2D eigenvalue weighted by Gasteiger charge is 2.14. The monoisotopic (exact) mass is 205 g/mol. The van der Waals surface area contributed by atoms with Gasteiger partial charge in [-0.25, -0.2) is 0 Å². The molecule has 1 aromatic heterocycles. The molecule has 0 spiro atoms. The van der Waals surface area contributed by atoms with Gasteiger partial charge in [0.05, 0.1) is 0 Å². The molecule has 1 saturated heterocycles. The molecule has 2 N–H and O–H groups in total. The maximum absolute atomic E-state index is 5.74. The molecule has 1 aliphatic heterocycles. The standard InChI is InChI=1S/C12H19N3/c1-10-7-12(11(8-13)9-14-10)15-5-3-2-4-6-15/h7,9H,2-6,8,13H2,1H3. The largest absolute Gasteiger partial charge is 0.371 e. The van der Waals surface area contributed by atoms with E-state index in [1.165, 1.54) is 30.5 Å². The van der Waals surface area contributed by atoms with E-state index in [9.17, 15) is 0 Å². The van der Waals surface area contributed by atoms with Gasteiger partial charge in [-0.05, 0) is 32.3 Å². The lowest BCUT2D eigenvalue weighted by Gasteiger charge is -2.30. The van der Waals surface area contributed by atoms with Crippen LogP contribution in [-0.2, 0) is 6.54 Å². The van der Waals surface area contributed by atoms with Crippen LogP contribution in [0.5, 0.6) is 0 Å². The minimum atomic E-state index is 0.582. The molecule has 3 nitrogen and oxygen atoms in total. The van der Waals surface area contributed by atoms with E-state index in [2.05, 4.69) is 16.0 Å². The molecule has 1 aliphatic rings. The average Bonchev–Trinajstić information content (AvgIpc) is 2.30. The number of anilines is 1. The lowest BCUT2D eigenvalue weighted by atomic mass is 10.1. The number of nitrogens with zero attached hydrogens (tertiary/aromatic N) is 2. The summed E-state index contributed by atoms with van der Waals surface area (Å²) in [7, 11) is 0. The van der Waals surface area contributed by atoms with Crippen molar-refractivity contribution in [3.05, 3.63) is 23.5 Å². The van der Waals surface area contributed by atoms with Crippen LogP contribution in [0.4, 0.5) is 5.69 Å². The van der Waals surface area contributed by atoms with E-state index >= 15 is 0 Å². The van der Waals surface area contributed by atoms with E-state index in [-0.39, 0.29) is 0 Å². The van der Waals surface area contributed by atoms with E-state index in [0.29, 0.717) is 6.54 Å². The van der Waals surface area contributed by atoms with Gasteiger partial charge in [0.25, 0.3) is 0 Å². The summed E-state index contributed by atoms with van der Waals surface area (Å²) in [5.41, 5.74) is 9.28. The number of nitrogens with two attached hydrogens (primary N) is 1. The SMILES string of the molecule is Cc1cc(N2CCCCC2)c(CN)cn1. The highest BCUT2D eigenvalue weighted by atomic mass is 15.1. The van der Waals surface area contributed by atoms with Crippen molar-refractivity contribution in [3.8, 4) is 0 Å². The second-order valence-electron chi connectivity index (χ2n) is 4.21. The predicted molar refractivity (Wildman–Crippen MR) is 62.9 cm³/mol. The maximum atomic E-state index is 5.74. The smallest absolute Gasteiger partial charge is 0.0445 e. The Labute approximate surface area is 91.3 Å². The van der Waals surface area contributed by atoms with Gasteiger partial charge in [-0.1, -0.05) is 0 Å². The third kappa shape index (κ3) is 2.29. The topological polar surface area (TPSA) is 42.1 Å². The summed E-state index contributed by atoms with van der Waals surface area (Å²) < 4.78 is 0. The van der Waals surface area contributed by atoms with Crippen molar-refractivity contribution in [1.29, 1.82) is 0 Å². The first-order valence-corrected chi connectivity index (χ1v) is 5.72. The van der Waals surface area contributed by atoms with Crippen molar-refractivity contribution in [2.75, 3.05) is 18.0 Å². The molecule has 0 aliphatic carbocycles. The molecule has 0 amide bonds. The summed E-state index contributed by atoms with van der Waals surface area (Å²) in [6.07, 6.45) is 5.87. The number of hydrogen-bond acceptors (Lipinski definition) is 3. The van der Waals surface area contributed by atoms with E-state index in [1.807, 2.05) is 13.1 Å². The molecule has 0 bridgehead atoms. The zero-order chi connectivity index (χ0) is 10.7. The molecule has 0 atom stereocenters. The van der Waals surface area contributed by atoms with Crippen LogP contribution in [0.25, 0.3) is 0 Å². The molecule has 1 fully saturated rings. The van der Waals surface area contributed by atoms with E-state index in [0.717, 1.165) is 18.8 Å². The molecular weight excluding hydrogens is 186 g/mol. The van der Waals surface area contributed by atoms with Crippen LogP contribution in [0.15, 0.2) is 12.3 Å².